The maximum absolute atomic E-state index is 13.5. The Morgan fingerprint density at radius 3 is 2.60 bits per heavy atom. The molecule has 176 valence electrons. The molecule has 3 aromatic rings. The van der Waals surface area contributed by atoms with Crippen LogP contribution in [0.4, 0.5) is 10.1 Å². The first kappa shape index (κ1) is 23.3. The van der Waals surface area contributed by atoms with Gasteiger partial charge in [0.1, 0.15) is 11.1 Å². The zero-order chi connectivity index (χ0) is 24.4. The molecule has 35 heavy (non-hydrogen) atoms. The molecule has 0 spiro atoms. The lowest BCUT2D eigenvalue weighted by Gasteiger charge is -2.23. The van der Waals surface area contributed by atoms with E-state index in [1.54, 1.807) is 35.3 Å². The number of rotatable bonds is 5. The standard InChI is InChI=1S/C26H20ClFN4O2S/c27-18-6-4-5-17(13-18)22-14-21(16-9-11-19(28)12-10-16)31-32(22)26-30-25(34)23(35-26)15-24(33)29-20-7-2-1-3-8-20/h1-13,22-23H,14-15H2,(H,29,33)/t22-,23+/m1/s1. The summed E-state index contributed by atoms with van der Waals surface area (Å²) in [5, 5.41) is 9.64. The van der Waals surface area contributed by atoms with E-state index in [4.69, 9.17) is 16.7 Å². The van der Waals surface area contributed by atoms with Crippen LogP contribution in [-0.4, -0.2) is 33.0 Å². The number of anilines is 1. The van der Waals surface area contributed by atoms with Crippen LogP contribution in [0.5, 0.6) is 0 Å². The van der Waals surface area contributed by atoms with Crippen LogP contribution < -0.4 is 5.32 Å². The lowest BCUT2D eigenvalue weighted by molar-refractivity contribution is -0.121. The maximum atomic E-state index is 13.5. The molecule has 2 atom stereocenters. The molecule has 0 radical (unpaired) electrons. The minimum atomic E-state index is -0.640. The Labute approximate surface area is 210 Å². The summed E-state index contributed by atoms with van der Waals surface area (Å²) >= 11 is 7.46. The van der Waals surface area contributed by atoms with Crippen molar-refractivity contribution in [2.24, 2.45) is 10.1 Å². The Hall–Kier alpha value is -3.49. The monoisotopic (exact) mass is 506 g/mol. The van der Waals surface area contributed by atoms with Gasteiger partial charge in [-0.05, 0) is 47.5 Å². The number of para-hydroxylation sites is 1. The van der Waals surface area contributed by atoms with Crippen LogP contribution in [0.2, 0.25) is 5.02 Å². The number of hydrogen-bond acceptors (Lipinski definition) is 5. The molecule has 2 amide bonds. The van der Waals surface area contributed by atoms with Gasteiger partial charge in [0.05, 0.1) is 11.8 Å². The number of benzene rings is 3. The number of amidine groups is 1. The van der Waals surface area contributed by atoms with Gasteiger partial charge in [0.25, 0.3) is 5.91 Å². The molecule has 2 aliphatic heterocycles. The van der Waals surface area contributed by atoms with E-state index in [0.717, 1.165) is 16.8 Å². The van der Waals surface area contributed by atoms with E-state index >= 15 is 0 Å². The highest BCUT2D eigenvalue weighted by molar-refractivity contribution is 8.15. The van der Waals surface area contributed by atoms with Crippen molar-refractivity contribution in [3.05, 3.63) is 101 Å². The summed E-state index contributed by atoms with van der Waals surface area (Å²) in [4.78, 5) is 29.4. The third-order valence-corrected chi connectivity index (χ3v) is 7.05. The third kappa shape index (κ3) is 5.28. The van der Waals surface area contributed by atoms with Gasteiger partial charge in [0, 0.05) is 23.6 Å². The highest BCUT2D eigenvalue weighted by Gasteiger charge is 2.39. The molecule has 0 saturated heterocycles. The summed E-state index contributed by atoms with van der Waals surface area (Å²) in [6.45, 7) is 0. The Kier molecular flexibility index (Phi) is 6.66. The van der Waals surface area contributed by atoms with Crippen LogP contribution >= 0.6 is 23.4 Å². The van der Waals surface area contributed by atoms with Gasteiger partial charge in [-0.25, -0.2) is 9.40 Å². The number of thioether (sulfide) groups is 1. The third-order valence-electron chi connectivity index (χ3n) is 5.67. The summed E-state index contributed by atoms with van der Waals surface area (Å²) in [6, 6.07) is 22.4. The van der Waals surface area contributed by atoms with Crippen molar-refractivity contribution in [1.82, 2.24) is 5.01 Å². The number of nitrogens with one attached hydrogen (secondary N) is 1. The fraction of sp³-hybridized carbons (Fsp3) is 0.154. The number of nitrogens with zero attached hydrogens (tertiary/aromatic N) is 3. The molecular formula is C26H20ClFN4O2S. The van der Waals surface area contributed by atoms with Crippen molar-refractivity contribution >= 4 is 51.7 Å². The number of hydrazone groups is 1. The lowest BCUT2D eigenvalue weighted by atomic mass is 9.98. The Morgan fingerprint density at radius 1 is 1.09 bits per heavy atom. The number of amides is 2. The number of aliphatic imine (C=N–C) groups is 1. The number of carbonyl (C=O) groups is 2. The molecule has 5 rings (SSSR count). The Morgan fingerprint density at radius 2 is 1.86 bits per heavy atom. The number of halogens is 2. The first-order valence-electron chi connectivity index (χ1n) is 11.0. The maximum Gasteiger partial charge on any atom is 0.262 e. The van der Waals surface area contributed by atoms with Crippen LogP contribution in [0.1, 0.15) is 30.0 Å². The summed E-state index contributed by atoms with van der Waals surface area (Å²) in [5.41, 5.74) is 3.12. The van der Waals surface area contributed by atoms with Gasteiger partial charge in [0.2, 0.25) is 5.91 Å². The number of carbonyl (C=O) groups excluding carboxylic acids is 2. The van der Waals surface area contributed by atoms with Gasteiger partial charge in [-0.1, -0.05) is 65.8 Å². The molecule has 0 unspecified atom stereocenters. The Balaban J connectivity index is 1.37. The SMILES string of the molecule is O=C(C[C@@H]1SC(N2N=C(c3ccc(F)cc3)C[C@@H]2c2cccc(Cl)c2)=NC1=O)Nc1ccccc1. The van der Waals surface area contributed by atoms with Crippen LogP contribution in [0.3, 0.4) is 0 Å². The predicted molar refractivity (Wildman–Crippen MR) is 137 cm³/mol. The normalized spacial score (nSPS) is 19.5. The second kappa shape index (κ2) is 10.0. The van der Waals surface area contributed by atoms with Crippen molar-refractivity contribution < 1.29 is 14.0 Å². The van der Waals surface area contributed by atoms with Gasteiger partial charge in [-0.2, -0.15) is 10.1 Å². The predicted octanol–water partition coefficient (Wildman–Crippen LogP) is 5.66. The van der Waals surface area contributed by atoms with Crippen LogP contribution in [-0.2, 0) is 9.59 Å². The average molecular weight is 507 g/mol. The molecule has 2 heterocycles. The summed E-state index contributed by atoms with van der Waals surface area (Å²) in [5.74, 6) is -0.959. The fourth-order valence-electron chi connectivity index (χ4n) is 3.98. The van der Waals surface area contributed by atoms with Crippen molar-refractivity contribution in [2.75, 3.05) is 5.32 Å². The van der Waals surface area contributed by atoms with E-state index in [9.17, 15) is 14.0 Å². The largest absolute Gasteiger partial charge is 0.326 e. The van der Waals surface area contributed by atoms with E-state index in [0.29, 0.717) is 22.3 Å². The van der Waals surface area contributed by atoms with Crippen LogP contribution in [0.25, 0.3) is 0 Å². The Bertz CT molecular complexity index is 1330. The molecule has 9 heteroatoms. The molecular weight excluding hydrogens is 487 g/mol. The van der Waals surface area contributed by atoms with Crippen LogP contribution in [0, 0.1) is 5.82 Å². The molecule has 0 bridgehead atoms. The second-order valence-electron chi connectivity index (χ2n) is 8.13. The highest BCUT2D eigenvalue weighted by Crippen LogP contribution is 2.39. The van der Waals surface area contributed by atoms with E-state index in [1.807, 2.05) is 36.4 Å². The smallest absolute Gasteiger partial charge is 0.262 e. The summed E-state index contributed by atoms with van der Waals surface area (Å²) in [7, 11) is 0. The van der Waals surface area contributed by atoms with Crippen molar-refractivity contribution in [2.45, 2.75) is 24.1 Å². The minimum Gasteiger partial charge on any atom is -0.326 e. The van der Waals surface area contributed by atoms with Gasteiger partial charge < -0.3 is 5.32 Å². The van der Waals surface area contributed by atoms with Gasteiger partial charge in [0.15, 0.2) is 5.17 Å². The average Bonchev–Trinajstić information content (AvgIpc) is 3.44. The molecule has 2 aliphatic rings. The van der Waals surface area contributed by atoms with Gasteiger partial charge >= 0.3 is 0 Å². The first-order valence-corrected chi connectivity index (χ1v) is 12.2. The summed E-state index contributed by atoms with van der Waals surface area (Å²) < 4.78 is 13.5. The van der Waals surface area contributed by atoms with E-state index in [-0.39, 0.29) is 30.1 Å². The second-order valence-corrected chi connectivity index (χ2v) is 9.74. The minimum absolute atomic E-state index is 0.00437. The number of hydrogen-bond donors (Lipinski definition) is 1. The molecule has 0 aliphatic carbocycles. The van der Waals surface area contributed by atoms with Crippen LogP contribution in [0.15, 0.2) is 89.0 Å². The molecule has 0 fully saturated rings. The molecule has 6 nitrogen and oxygen atoms in total. The zero-order valence-electron chi connectivity index (χ0n) is 18.4. The van der Waals surface area contributed by atoms with Crippen molar-refractivity contribution in [3.63, 3.8) is 0 Å². The van der Waals surface area contributed by atoms with E-state index < -0.39 is 5.25 Å². The zero-order valence-corrected chi connectivity index (χ0v) is 20.0. The molecule has 0 aromatic heterocycles. The fourth-order valence-corrected chi connectivity index (χ4v) is 5.24. The van der Waals surface area contributed by atoms with E-state index in [2.05, 4.69) is 10.3 Å². The summed E-state index contributed by atoms with van der Waals surface area (Å²) in [6.07, 6.45) is 0.522. The molecule has 0 saturated carbocycles. The van der Waals surface area contributed by atoms with Gasteiger partial charge in [-0.3, -0.25) is 9.59 Å². The van der Waals surface area contributed by atoms with Crippen molar-refractivity contribution in [1.29, 1.82) is 0 Å². The lowest BCUT2D eigenvalue weighted by Crippen LogP contribution is -2.25. The molecule has 1 N–H and O–H groups in total. The molecule has 3 aromatic carbocycles. The quantitative estimate of drug-likeness (QED) is 0.484. The topological polar surface area (TPSA) is 74.1 Å². The van der Waals surface area contributed by atoms with E-state index in [1.165, 1.54) is 23.9 Å². The highest BCUT2D eigenvalue weighted by atomic mass is 35.5. The van der Waals surface area contributed by atoms with Gasteiger partial charge in [-0.15, -0.1) is 0 Å². The van der Waals surface area contributed by atoms with Crippen molar-refractivity contribution in [3.8, 4) is 0 Å². The first-order chi connectivity index (χ1) is 17.0.